The van der Waals surface area contributed by atoms with Crippen molar-refractivity contribution >= 4 is 6.08 Å². The Morgan fingerprint density at radius 2 is 1.62 bits per heavy atom. The van der Waals surface area contributed by atoms with Crippen LogP contribution in [0.1, 0.15) is 36.1 Å². The minimum Gasteiger partial charge on any atom is -0.0985 e. The number of hydrogen-bond donors (Lipinski definition) is 0. The van der Waals surface area contributed by atoms with Gasteiger partial charge in [-0.3, -0.25) is 0 Å². The van der Waals surface area contributed by atoms with E-state index in [2.05, 4.69) is 39.5 Å². The fourth-order valence-corrected chi connectivity index (χ4v) is 1.28. The molecule has 0 aromatic heterocycles. The largest absolute Gasteiger partial charge is 0.0985 e. The van der Waals surface area contributed by atoms with Gasteiger partial charge in [-0.25, -0.2) is 0 Å². The molecular formula is C13H20. The molecule has 0 nitrogen and oxygen atoms in total. The molecule has 0 heteroatoms. The van der Waals surface area contributed by atoms with Gasteiger partial charge in [-0.1, -0.05) is 44.2 Å². The lowest BCUT2D eigenvalue weighted by atomic mass is 10.0. The normalized spacial score (nSPS) is 8.69. The van der Waals surface area contributed by atoms with E-state index < -0.39 is 0 Å². The molecule has 0 radical (unpaired) electrons. The average Bonchev–Trinajstić information content (AvgIpc) is 2.14. The van der Waals surface area contributed by atoms with Crippen molar-refractivity contribution in [1.29, 1.82) is 0 Å². The van der Waals surface area contributed by atoms with Gasteiger partial charge in [0.25, 0.3) is 0 Å². The summed E-state index contributed by atoms with van der Waals surface area (Å²) in [5, 5.41) is 0. The summed E-state index contributed by atoms with van der Waals surface area (Å²) in [6.45, 7) is 14.1. The average molecular weight is 176 g/mol. The number of rotatable bonds is 1. The van der Waals surface area contributed by atoms with Gasteiger partial charge in [0.05, 0.1) is 0 Å². The van der Waals surface area contributed by atoms with Crippen LogP contribution in [0, 0.1) is 20.8 Å². The second kappa shape index (κ2) is 5.58. The van der Waals surface area contributed by atoms with Crippen molar-refractivity contribution in [2.75, 3.05) is 0 Å². The highest BCUT2D eigenvalue weighted by molar-refractivity contribution is 5.55. The summed E-state index contributed by atoms with van der Waals surface area (Å²) >= 11 is 0. The summed E-state index contributed by atoms with van der Waals surface area (Å²) in [5.41, 5.74) is 5.25. The molecule has 0 amide bonds. The molecular weight excluding hydrogens is 156 g/mol. The minimum atomic E-state index is 1.25. The lowest BCUT2D eigenvalue weighted by Gasteiger charge is -2.05. The van der Waals surface area contributed by atoms with E-state index in [9.17, 15) is 0 Å². The van der Waals surface area contributed by atoms with Crippen LogP contribution in [-0.2, 0) is 0 Å². The van der Waals surface area contributed by atoms with Crippen molar-refractivity contribution in [1.82, 2.24) is 0 Å². The Bertz CT molecular complexity index is 282. The van der Waals surface area contributed by atoms with Gasteiger partial charge < -0.3 is 0 Å². The smallest absolute Gasteiger partial charge is 0.0228 e. The molecule has 0 atom stereocenters. The Kier molecular flexibility index (Phi) is 5.13. The van der Waals surface area contributed by atoms with Crippen LogP contribution >= 0.6 is 0 Å². The maximum atomic E-state index is 3.77. The summed E-state index contributed by atoms with van der Waals surface area (Å²) in [4.78, 5) is 0. The molecule has 72 valence electrons. The Hall–Kier alpha value is -1.04. The second-order valence-electron chi connectivity index (χ2n) is 3.00. The molecule has 0 spiro atoms. The van der Waals surface area contributed by atoms with Crippen LogP contribution in [0.5, 0.6) is 0 Å². The van der Waals surface area contributed by atoms with E-state index in [1.807, 2.05) is 19.9 Å². The van der Waals surface area contributed by atoms with Crippen molar-refractivity contribution in [2.24, 2.45) is 0 Å². The molecule has 0 aliphatic heterocycles. The highest BCUT2D eigenvalue weighted by atomic mass is 14.0. The number of hydrogen-bond acceptors (Lipinski definition) is 0. The van der Waals surface area contributed by atoms with Gasteiger partial charge in [-0.05, 0) is 37.5 Å². The first-order valence-electron chi connectivity index (χ1n) is 4.85. The topological polar surface area (TPSA) is 0 Å². The summed E-state index contributed by atoms with van der Waals surface area (Å²) < 4.78 is 0. The first kappa shape index (κ1) is 12.0. The lowest BCUT2D eigenvalue weighted by molar-refractivity contribution is 1.29. The van der Waals surface area contributed by atoms with Crippen molar-refractivity contribution in [3.63, 3.8) is 0 Å². The summed E-state index contributed by atoms with van der Waals surface area (Å²) in [6.07, 6.45) is 1.91. The predicted molar refractivity (Wildman–Crippen MR) is 62.1 cm³/mol. The molecule has 0 saturated heterocycles. The Morgan fingerprint density at radius 3 is 2.08 bits per heavy atom. The quantitative estimate of drug-likeness (QED) is 0.599. The molecule has 1 aromatic carbocycles. The third-order valence-electron chi connectivity index (χ3n) is 2.07. The Morgan fingerprint density at radius 1 is 1.08 bits per heavy atom. The highest BCUT2D eigenvalue weighted by Gasteiger charge is 1.97. The first-order valence-corrected chi connectivity index (χ1v) is 4.85. The highest BCUT2D eigenvalue weighted by Crippen LogP contribution is 2.16. The number of benzene rings is 1. The zero-order valence-corrected chi connectivity index (χ0v) is 9.44. The van der Waals surface area contributed by atoms with Crippen LogP contribution in [0.15, 0.2) is 18.7 Å². The van der Waals surface area contributed by atoms with E-state index in [1.165, 1.54) is 22.3 Å². The summed E-state index contributed by atoms with van der Waals surface area (Å²) in [5.74, 6) is 0. The first-order chi connectivity index (χ1) is 6.15. The summed E-state index contributed by atoms with van der Waals surface area (Å²) in [6, 6.07) is 4.36. The van der Waals surface area contributed by atoms with Crippen molar-refractivity contribution < 1.29 is 0 Å². The summed E-state index contributed by atoms with van der Waals surface area (Å²) in [7, 11) is 0. The van der Waals surface area contributed by atoms with E-state index in [0.717, 1.165) is 0 Å². The predicted octanol–water partition coefficient (Wildman–Crippen LogP) is 4.28. The van der Waals surface area contributed by atoms with Gasteiger partial charge in [0, 0.05) is 0 Å². The van der Waals surface area contributed by atoms with Crippen LogP contribution in [0.3, 0.4) is 0 Å². The monoisotopic (exact) mass is 176 g/mol. The van der Waals surface area contributed by atoms with Crippen LogP contribution < -0.4 is 0 Å². The maximum Gasteiger partial charge on any atom is -0.0228 e. The molecule has 0 N–H and O–H groups in total. The van der Waals surface area contributed by atoms with Gasteiger partial charge in [0.1, 0.15) is 0 Å². The fourth-order valence-electron chi connectivity index (χ4n) is 1.28. The molecule has 0 fully saturated rings. The molecule has 0 heterocycles. The lowest BCUT2D eigenvalue weighted by Crippen LogP contribution is -1.87. The Balaban J connectivity index is 0.000000671. The number of aryl methyl sites for hydroxylation is 2. The van der Waals surface area contributed by atoms with E-state index in [4.69, 9.17) is 0 Å². The van der Waals surface area contributed by atoms with Gasteiger partial charge >= 0.3 is 0 Å². The molecule has 0 aliphatic carbocycles. The molecule has 0 saturated carbocycles. The van der Waals surface area contributed by atoms with Gasteiger partial charge in [-0.2, -0.15) is 0 Å². The zero-order valence-electron chi connectivity index (χ0n) is 9.44. The zero-order chi connectivity index (χ0) is 10.4. The molecule has 0 bridgehead atoms. The third kappa shape index (κ3) is 3.06. The molecule has 1 aromatic rings. The van der Waals surface area contributed by atoms with Crippen molar-refractivity contribution in [2.45, 2.75) is 34.6 Å². The van der Waals surface area contributed by atoms with Gasteiger partial charge in [0.2, 0.25) is 0 Å². The van der Waals surface area contributed by atoms with E-state index in [0.29, 0.717) is 0 Å². The van der Waals surface area contributed by atoms with Crippen molar-refractivity contribution in [3.8, 4) is 0 Å². The van der Waals surface area contributed by atoms with E-state index >= 15 is 0 Å². The molecule has 0 aliphatic rings. The second-order valence-corrected chi connectivity index (χ2v) is 3.00. The molecule has 13 heavy (non-hydrogen) atoms. The van der Waals surface area contributed by atoms with Crippen LogP contribution in [0.4, 0.5) is 0 Å². The van der Waals surface area contributed by atoms with Gasteiger partial charge in [-0.15, -0.1) is 0 Å². The SMILES string of the molecule is C=Cc1cc(C)cc(C)c1C.CC. The minimum absolute atomic E-state index is 1.25. The molecule has 0 unspecified atom stereocenters. The Labute approximate surface area is 82.3 Å². The van der Waals surface area contributed by atoms with E-state index in [-0.39, 0.29) is 0 Å². The van der Waals surface area contributed by atoms with Crippen LogP contribution in [0.25, 0.3) is 6.08 Å². The van der Waals surface area contributed by atoms with Crippen LogP contribution in [-0.4, -0.2) is 0 Å². The maximum absolute atomic E-state index is 3.77. The van der Waals surface area contributed by atoms with Gasteiger partial charge in [0.15, 0.2) is 0 Å². The van der Waals surface area contributed by atoms with E-state index in [1.54, 1.807) is 0 Å². The van der Waals surface area contributed by atoms with Crippen LogP contribution in [0.2, 0.25) is 0 Å². The third-order valence-corrected chi connectivity index (χ3v) is 2.07. The fraction of sp³-hybridized carbons (Fsp3) is 0.385. The van der Waals surface area contributed by atoms with Crippen molar-refractivity contribution in [3.05, 3.63) is 41.0 Å². The standard InChI is InChI=1S/C11H14.C2H6/c1-5-11-7-8(2)6-9(3)10(11)4;1-2/h5-7H,1H2,2-4H3;1-2H3. The molecule has 1 rings (SSSR count).